The van der Waals surface area contributed by atoms with E-state index in [1.807, 2.05) is 48.5 Å². The fourth-order valence-corrected chi connectivity index (χ4v) is 2.32. The van der Waals surface area contributed by atoms with Gasteiger partial charge in [-0.05, 0) is 41.5 Å². The van der Waals surface area contributed by atoms with Gasteiger partial charge in [-0.3, -0.25) is 15.1 Å². The number of hydrogen-bond donors (Lipinski definition) is 1. The van der Waals surface area contributed by atoms with Gasteiger partial charge < -0.3 is 5.73 Å². The lowest BCUT2D eigenvalue weighted by Crippen LogP contribution is -1.93. The normalized spacial score (nSPS) is 10.8. The Bertz CT molecular complexity index is 885. The first-order valence-electron chi connectivity index (χ1n) is 7.37. The van der Waals surface area contributed by atoms with E-state index in [1.54, 1.807) is 18.2 Å². The monoisotopic (exact) mass is 317 g/mol. The number of nitro groups is 1. The zero-order valence-electron chi connectivity index (χ0n) is 12.8. The minimum absolute atomic E-state index is 0.0414. The lowest BCUT2D eigenvalue weighted by Gasteiger charge is -2.03. The lowest BCUT2D eigenvalue weighted by atomic mass is 10.1. The molecule has 0 saturated heterocycles. The third kappa shape index (κ3) is 3.47. The maximum Gasteiger partial charge on any atom is 0.278 e. The molecule has 0 aliphatic rings. The van der Waals surface area contributed by atoms with Gasteiger partial charge in [0.25, 0.3) is 5.69 Å². The van der Waals surface area contributed by atoms with E-state index in [-0.39, 0.29) is 5.69 Å². The van der Waals surface area contributed by atoms with Crippen LogP contribution < -0.4 is 5.73 Å². The van der Waals surface area contributed by atoms with Gasteiger partial charge in [0.1, 0.15) is 0 Å². The highest BCUT2D eigenvalue weighted by Gasteiger charge is 2.09. The Kier molecular flexibility index (Phi) is 4.34. The molecule has 0 unspecified atom stereocenters. The average molecular weight is 317 g/mol. The topological polar surface area (TPSA) is 81.5 Å². The van der Waals surface area contributed by atoms with Crippen LogP contribution >= 0.6 is 0 Å². The molecule has 0 atom stereocenters. The Morgan fingerprint density at radius 1 is 0.875 bits per heavy atom. The number of anilines is 1. The highest BCUT2D eigenvalue weighted by molar-refractivity contribution is 5.87. The summed E-state index contributed by atoms with van der Waals surface area (Å²) in [5.74, 6) is 0. The molecule has 0 aromatic heterocycles. The molecular formula is C19H15N3O2. The zero-order chi connectivity index (χ0) is 16.9. The highest BCUT2D eigenvalue weighted by Crippen LogP contribution is 2.24. The van der Waals surface area contributed by atoms with Crippen LogP contribution in [0.4, 0.5) is 17.1 Å². The van der Waals surface area contributed by atoms with Gasteiger partial charge in [0.2, 0.25) is 0 Å². The molecule has 0 aliphatic carbocycles. The summed E-state index contributed by atoms with van der Waals surface area (Å²) in [7, 11) is 0. The van der Waals surface area contributed by atoms with Crippen molar-refractivity contribution in [1.29, 1.82) is 0 Å². The summed E-state index contributed by atoms with van der Waals surface area (Å²) in [6.07, 6.45) is 1.51. The highest BCUT2D eigenvalue weighted by atomic mass is 16.6. The molecule has 0 bridgehead atoms. The molecule has 3 rings (SSSR count). The Hall–Kier alpha value is -3.47. The second-order valence-corrected chi connectivity index (χ2v) is 5.24. The second-order valence-electron chi connectivity index (χ2n) is 5.24. The average Bonchev–Trinajstić information content (AvgIpc) is 2.61. The van der Waals surface area contributed by atoms with Crippen molar-refractivity contribution in [3.05, 3.63) is 88.5 Å². The van der Waals surface area contributed by atoms with Gasteiger partial charge in [-0.2, -0.15) is 0 Å². The molecule has 24 heavy (non-hydrogen) atoms. The molecule has 118 valence electrons. The molecule has 3 aromatic rings. The number of hydrogen-bond acceptors (Lipinski definition) is 4. The van der Waals surface area contributed by atoms with Crippen LogP contribution in [0.15, 0.2) is 77.8 Å². The van der Waals surface area contributed by atoms with Gasteiger partial charge in [-0.25, -0.2) is 0 Å². The summed E-state index contributed by atoms with van der Waals surface area (Å²) in [5, 5.41) is 11.0. The molecule has 5 nitrogen and oxygen atoms in total. The molecule has 0 heterocycles. The molecule has 3 aromatic carbocycles. The van der Waals surface area contributed by atoms with E-state index in [0.717, 1.165) is 22.5 Å². The van der Waals surface area contributed by atoms with Crippen LogP contribution in [0.3, 0.4) is 0 Å². The van der Waals surface area contributed by atoms with Crippen molar-refractivity contribution in [2.24, 2.45) is 4.99 Å². The molecule has 0 saturated carbocycles. The fraction of sp³-hybridized carbons (Fsp3) is 0. The van der Waals surface area contributed by atoms with Gasteiger partial charge in [-0.1, -0.05) is 36.4 Å². The quantitative estimate of drug-likeness (QED) is 0.330. The molecule has 5 heteroatoms. The Balaban J connectivity index is 1.82. The largest absolute Gasteiger partial charge is 0.399 e. The van der Waals surface area contributed by atoms with Crippen LogP contribution in [-0.4, -0.2) is 11.1 Å². The van der Waals surface area contributed by atoms with Crippen molar-refractivity contribution >= 4 is 23.3 Å². The third-order valence-electron chi connectivity index (χ3n) is 3.60. The molecule has 2 N–H and O–H groups in total. The number of nitrogens with two attached hydrogens (primary N) is 1. The zero-order valence-corrected chi connectivity index (χ0v) is 12.8. The number of nitrogen functional groups attached to an aromatic ring is 1. The van der Waals surface area contributed by atoms with E-state index in [1.165, 1.54) is 12.3 Å². The van der Waals surface area contributed by atoms with Crippen molar-refractivity contribution in [3.8, 4) is 11.1 Å². The van der Waals surface area contributed by atoms with E-state index in [4.69, 9.17) is 5.73 Å². The summed E-state index contributed by atoms with van der Waals surface area (Å²) < 4.78 is 0. The number of aliphatic imine (C=N–C) groups is 1. The first-order valence-corrected chi connectivity index (χ1v) is 7.37. The maximum atomic E-state index is 11.0. The first-order chi connectivity index (χ1) is 11.6. The fourth-order valence-electron chi connectivity index (χ4n) is 2.32. The van der Waals surface area contributed by atoms with Gasteiger partial charge in [0.15, 0.2) is 0 Å². The number of para-hydroxylation sites is 1. The van der Waals surface area contributed by atoms with E-state index < -0.39 is 4.92 Å². The smallest absolute Gasteiger partial charge is 0.278 e. The molecule has 0 amide bonds. The van der Waals surface area contributed by atoms with Crippen LogP contribution in [0.5, 0.6) is 0 Å². The van der Waals surface area contributed by atoms with Crippen molar-refractivity contribution < 1.29 is 4.92 Å². The number of nitrogens with zero attached hydrogens (tertiary/aromatic N) is 2. The summed E-state index contributed by atoms with van der Waals surface area (Å²) in [4.78, 5) is 14.9. The standard InChI is InChI=1S/C19H15N3O2/c20-17-9-5-14(6-10-17)15-7-11-18(12-8-15)21-13-16-3-1-2-4-19(16)22(23)24/h1-13H,20H2. The van der Waals surface area contributed by atoms with Crippen LogP contribution in [0.25, 0.3) is 11.1 Å². The molecule has 0 fully saturated rings. The van der Waals surface area contributed by atoms with Gasteiger partial charge in [-0.15, -0.1) is 0 Å². The van der Waals surface area contributed by atoms with Crippen molar-refractivity contribution in [2.75, 3.05) is 5.73 Å². The van der Waals surface area contributed by atoms with Crippen molar-refractivity contribution in [1.82, 2.24) is 0 Å². The summed E-state index contributed by atoms with van der Waals surface area (Å²) in [5.41, 5.74) is 9.79. The minimum Gasteiger partial charge on any atom is -0.399 e. The van der Waals surface area contributed by atoms with Crippen molar-refractivity contribution in [3.63, 3.8) is 0 Å². The molecule has 0 spiro atoms. The maximum absolute atomic E-state index is 11.0. The van der Waals surface area contributed by atoms with Crippen LogP contribution in [0.2, 0.25) is 0 Å². The Morgan fingerprint density at radius 3 is 2.08 bits per heavy atom. The van der Waals surface area contributed by atoms with E-state index >= 15 is 0 Å². The predicted octanol–water partition coefficient (Wildman–Crippen LogP) is 4.59. The van der Waals surface area contributed by atoms with Crippen molar-refractivity contribution in [2.45, 2.75) is 0 Å². The van der Waals surface area contributed by atoms with E-state index in [9.17, 15) is 10.1 Å². The van der Waals surface area contributed by atoms with Crippen LogP contribution in [0.1, 0.15) is 5.56 Å². The van der Waals surface area contributed by atoms with Gasteiger partial charge in [0.05, 0.1) is 16.2 Å². The second kappa shape index (κ2) is 6.75. The number of benzene rings is 3. The van der Waals surface area contributed by atoms with Crippen LogP contribution in [-0.2, 0) is 0 Å². The summed E-state index contributed by atoms with van der Waals surface area (Å²) in [6, 6.07) is 21.8. The van der Waals surface area contributed by atoms with Gasteiger partial charge in [0, 0.05) is 18.0 Å². The SMILES string of the molecule is Nc1ccc(-c2ccc(N=Cc3ccccc3[N+](=O)[O-])cc2)cc1. The number of nitro benzene ring substituents is 1. The van der Waals surface area contributed by atoms with Gasteiger partial charge >= 0.3 is 0 Å². The summed E-state index contributed by atoms with van der Waals surface area (Å²) in [6.45, 7) is 0. The third-order valence-corrected chi connectivity index (χ3v) is 3.60. The predicted molar refractivity (Wildman–Crippen MR) is 96.6 cm³/mol. The first kappa shape index (κ1) is 15.4. The summed E-state index contributed by atoms with van der Waals surface area (Å²) >= 11 is 0. The Labute approximate surface area is 139 Å². The molecule has 0 aliphatic heterocycles. The van der Waals surface area contributed by atoms with E-state index in [0.29, 0.717) is 5.56 Å². The molecular weight excluding hydrogens is 302 g/mol. The van der Waals surface area contributed by atoms with Crippen LogP contribution in [0, 0.1) is 10.1 Å². The van der Waals surface area contributed by atoms with E-state index in [2.05, 4.69) is 4.99 Å². The molecule has 0 radical (unpaired) electrons. The minimum atomic E-state index is -0.411. The number of rotatable bonds is 4. The lowest BCUT2D eigenvalue weighted by molar-refractivity contribution is -0.385. The Morgan fingerprint density at radius 2 is 1.46 bits per heavy atom.